The molecule has 0 radical (unpaired) electrons. The molecule has 3 aliphatic heterocycles. The molecule has 174 valence electrons. The van der Waals surface area contributed by atoms with Gasteiger partial charge in [-0.2, -0.15) is 5.10 Å². The Morgan fingerprint density at radius 1 is 1.00 bits per heavy atom. The third-order valence-electron chi connectivity index (χ3n) is 7.11. The summed E-state index contributed by atoms with van der Waals surface area (Å²) < 4.78 is 11.7. The molecular weight excluding hydrogens is 414 g/mol. The largest absolute Gasteiger partial charge is 0.347 e. The molecule has 0 aliphatic carbocycles. The van der Waals surface area contributed by atoms with Gasteiger partial charge in [0.05, 0.1) is 31.5 Å². The number of amides is 1. The highest BCUT2D eigenvalue weighted by atomic mass is 16.7. The average Bonchev–Trinajstić information content (AvgIpc) is 3.44. The second-order valence-electron chi connectivity index (χ2n) is 9.62. The molecule has 5 rings (SSSR count). The zero-order valence-corrected chi connectivity index (χ0v) is 19.8. The first kappa shape index (κ1) is 22.3. The normalized spacial score (nSPS) is 22.7. The summed E-state index contributed by atoms with van der Waals surface area (Å²) in [6.45, 7) is 9.59. The highest BCUT2D eigenvalue weighted by Crippen LogP contribution is 2.35. The van der Waals surface area contributed by atoms with Crippen molar-refractivity contribution in [2.75, 3.05) is 32.8 Å². The van der Waals surface area contributed by atoms with Gasteiger partial charge < -0.3 is 9.47 Å². The fourth-order valence-electron chi connectivity index (χ4n) is 5.19. The molecule has 0 N–H and O–H groups in total. The van der Waals surface area contributed by atoms with Crippen LogP contribution in [0, 0.1) is 20.8 Å². The fraction of sp³-hybridized carbons (Fsp3) is 0.481. The number of benzene rings is 2. The van der Waals surface area contributed by atoms with E-state index >= 15 is 0 Å². The second-order valence-corrected chi connectivity index (χ2v) is 9.62. The molecule has 1 spiro atoms. The number of rotatable bonds is 4. The third kappa shape index (κ3) is 4.60. The van der Waals surface area contributed by atoms with Crippen LogP contribution in [0.1, 0.15) is 53.1 Å². The molecule has 0 bridgehead atoms. The third-order valence-corrected chi connectivity index (χ3v) is 7.11. The molecule has 1 amide bonds. The number of carbonyl (C=O) groups is 1. The maximum Gasteiger partial charge on any atom is 0.257 e. The smallest absolute Gasteiger partial charge is 0.257 e. The lowest BCUT2D eigenvalue weighted by Crippen LogP contribution is -2.48. The van der Waals surface area contributed by atoms with Gasteiger partial charge in [0.25, 0.3) is 5.91 Å². The number of hydrogen-bond donors (Lipinski definition) is 0. The van der Waals surface area contributed by atoms with Crippen LogP contribution in [0.3, 0.4) is 0 Å². The van der Waals surface area contributed by atoms with Gasteiger partial charge in [-0.3, -0.25) is 9.69 Å². The van der Waals surface area contributed by atoms with Crippen molar-refractivity contribution in [3.8, 4) is 0 Å². The average molecular weight is 448 g/mol. The topological polar surface area (TPSA) is 54.4 Å². The zero-order chi connectivity index (χ0) is 23.0. The predicted octanol–water partition coefficient (Wildman–Crippen LogP) is 4.13. The molecule has 0 aromatic heterocycles. The van der Waals surface area contributed by atoms with E-state index in [-0.39, 0.29) is 11.9 Å². The summed E-state index contributed by atoms with van der Waals surface area (Å²) >= 11 is 0. The zero-order valence-electron chi connectivity index (χ0n) is 19.8. The van der Waals surface area contributed by atoms with E-state index in [1.54, 1.807) is 5.01 Å². The van der Waals surface area contributed by atoms with E-state index in [0.29, 0.717) is 19.8 Å². The van der Waals surface area contributed by atoms with Gasteiger partial charge in [0.2, 0.25) is 0 Å². The van der Waals surface area contributed by atoms with Gasteiger partial charge in [0, 0.05) is 37.9 Å². The van der Waals surface area contributed by atoms with Crippen molar-refractivity contribution in [3.63, 3.8) is 0 Å². The van der Waals surface area contributed by atoms with Crippen LogP contribution in [0.5, 0.6) is 0 Å². The highest BCUT2D eigenvalue weighted by molar-refractivity contribution is 6.04. The van der Waals surface area contributed by atoms with Crippen LogP contribution in [0.15, 0.2) is 47.6 Å². The van der Waals surface area contributed by atoms with Crippen LogP contribution in [-0.4, -0.2) is 60.2 Å². The van der Waals surface area contributed by atoms with E-state index < -0.39 is 5.79 Å². The molecule has 6 nitrogen and oxygen atoms in total. The van der Waals surface area contributed by atoms with Crippen molar-refractivity contribution in [1.29, 1.82) is 0 Å². The summed E-state index contributed by atoms with van der Waals surface area (Å²) in [6, 6.07) is 14.8. The van der Waals surface area contributed by atoms with Crippen LogP contribution in [-0.2, 0) is 14.3 Å². The van der Waals surface area contributed by atoms with Crippen LogP contribution in [0.2, 0.25) is 0 Å². The molecule has 6 heteroatoms. The lowest BCUT2D eigenvalue weighted by molar-refractivity contribution is -0.186. The molecule has 3 aliphatic rings. The van der Waals surface area contributed by atoms with Crippen LogP contribution < -0.4 is 0 Å². The summed E-state index contributed by atoms with van der Waals surface area (Å²) in [5.41, 5.74) is 6.88. The Bertz CT molecular complexity index is 1050. The molecule has 33 heavy (non-hydrogen) atoms. The number of aryl methyl sites for hydroxylation is 3. The minimum absolute atomic E-state index is 0.0459. The Morgan fingerprint density at radius 3 is 2.33 bits per heavy atom. The van der Waals surface area contributed by atoms with Crippen molar-refractivity contribution in [2.24, 2.45) is 5.10 Å². The first-order valence-electron chi connectivity index (χ1n) is 12.0. The monoisotopic (exact) mass is 447 g/mol. The van der Waals surface area contributed by atoms with E-state index in [0.717, 1.165) is 49.2 Å². The quantitative estimate of drug-likeness (QED) is 0.707. The van der Waals surface area contributed by atoms with E-state index in [2.05, 4.69) is 68.1 Å². The van der Waals surface area contributed by atoms with Gasteiger partial charge in [0.1, 0.15) is 0 Å². The van der Waals surface area contributed by atoms with Crippen LogP contribution >= 0.6 is 0 Å². The Balaban J connectivity index is 1.36. The van der Waals surface area contributed by atoms with Crippen molar-refractivity contribution in [1.82, 2.24) is 9.91 Å². The standard InChI is InChI=1S/C27H33N3O3/c1-19-4-7-22(8-5-19)25-17-24(23-9-6-20(2)16-21(23)3)28-30(25)26(31)18-29-12-10-27(11-13-29)32-14-15-33-27/h4-9,16,25H,10-15,17-18H2,1-3H3/t25-/m1/s1. The molecule has 2 aromatic rings. The van der Waals surface area contributed by atoms with E-state index in [9.17, 15) is 4.79 Å². The van der Waals surface area contributed by atoms with Gasteiger partial charge in [-0.05, 0) is 31.9 Å². The SMILES string of the molecule is Cc1ccc([C@H]2CC(c3ccc(C)cc3C)=NN2C(=O)CN2CCC3(CC2)OCCO3)cc1. The van der Waals surface area contributed by atoms with Gasteiger partial charge in [-0.1, -0.05) is 53.6 Å². The fourth-order valence-corrected chi connectivity index (χ4v) is 5.19. The summed E-state index contributed by atoms with van der Waals surface area (Å²) in [7, 11) is 0. The summed E-state index contributed by atoms with van der Waals surface area (Å²) in [4.78, 5) is 15.7. The molecule has 2 aromatic carbocycles. The first-order valence-corrected chi connectivity index (χ1v) is 12.0. The Morgan fingerprint density at radius 2 is 1.67 bits per heavy atom. The second kappa shape index (κ2) is 9.01. The van der Waals surface area contributed by atoms with Crippen LogP contribution in [0.25, 0.3) is 0 Å². The van der Waals surface area contributed by atoms with Crippen molar-refractivity contribution in [2.45, 2.75) is 51.9 Å². The predicted molar refractivity (Wildman–Crippen MR) is 128 cm³/mol. The van der Waals surface area contributed by atoms with Gasteiger partial charge in [-0.15, -0.1) is 0 Å². The molecule has 0 saturated carbocycles. The Hall–Kier alpha value is -2.54. The molecule has 3 heterocycles. The van der Waals surface area contributed by atoms with Crippen molar-refractivity contribution < 1.29 is 14.3 Å². The number of carbonyl (C=O) groups excluding carboxylic acids is 1. The lowest BCUT2D eigenvalue weighted by Gasteiger charge is -2.37. The molecule has 2 saturated heterocycles. The minimum Gasteiger partial charge on any atom is -0.347 e. The number of likely N-dealkylation sites (tertiary alicyclic amines) is 1. The summed E-state index contributed by atoms with van der Waals surface area (Å²) in [5, 5.41) is 6.62. The number of nitrogens with zero attached hydrogens (tertiary/aromatic N) is 3. The minimum atomic E-state index is -0.425. The molecule has 1 atom stereocenters. The maximum atomic E-state index is 13.5. The number of piperidine rings is 1. The number of ether oxygens (including phenoxy) is 2. The van der Waals surface area contributed by atoms with E-state index in [4.69, 9.17) is 14.6 Å². The molecule has 0 unspecified atom stereocenters. The number of hydrogen-bond acceptors (Lipinski definition) is 5. The summed E-state index contributed by atoms with van der Waals surface area (Å²) in [5.74, 6) is -0.379. The van der Waals surface area contributed by atoms with Crippen LogP contribution in [0.4, 0.5) is 0 Å². The van der Waals surface area contributed by atoms with Gasteiger partial charge in [0.15, 0.2) is 5.79 Å². The molecular formula is C27H33N3O3. The Labute approximate surface area is 196 Å². The van der Waals surface area contributed by atoms with E-state index in [1.165, 1.54) is 16.7 Å². The Kier molecular flexibility index (Phi) is 6.08. The number of hydrazone groups is 1. The lowest BCUT2D eigenvalue weighted by atomic mass is 9.95. The van der Waals surface area contributed by atoms with Crippen molar-refractivity contribution >= 4 is 11.6 Å². The van der Waals surface area contributed by atoms with Gasteiger partial charge >= 0.3 is 0 Å². The molecule has 2 fully saturated rings. The van der Waals surface area contributed by atoms with Gasteiger partial charge in [-0.25, -0.2) is 5.01 Å². The highest BCUT2D eigenvalue weighted by Gasteiger charge is 2.41. The van der Waals surface area contributed by atoms with Crippen molar-refractivity contribution in [3.05, 3.63) is 70.3 Å². The summed E-state index contributed by atoms with van der Waals surface area (Å²) in [6.07, 6.45) is 2.33. The maximum absolute atomic E-state index is 13.5. The first-order chi connectivity index (χ1) is 15.9. The van der Waals surface area contributed by atoms with E-state index in [1.807, 2.05) is 0 Å².